The van der Waals surface area contributed by atoms with E-state index in [0.717, 1.165) is 23.1 Å². The highest BCUT2D eigenvalue weighted by molar-refractivity contribution is 7.98. The van der Waals surface area contributed by atoms with E-state index in [0.29, 0.717) is 6.07 Å². The number of thioether (sulfide) groups is 1. The number of rotatable bonds is 4. The van der Waals surface area contributed by atoms with E-state index in [1.807, 2.05) is 6.26 Å². The van der Waals surface area contributed by atoms with Gasteiger partial charge in [0.05, 0.1) is 21.3 Å². The minimum absolute atomic E-state index is 0.0545. The first kappa shape index (κ1) is 22.1. The molecule has 2 unspecified atom stereocenters. The Kier molecular flexibility index (Phi) is 6.04. The summed E-state index contributed by atoms with van der Waals surface area (Å²) in [6, 6.07) is 8.37. The standard InChI is InChI=1S/C20H20F4O3S2/c1-19(29(25,26)15-5-3-4-13(10-15)20(22,23)24)8-9-27-18(12-19)16-7-6-14(28-2)11-17(16)21/h3-7,10-11,18H,8-9,12H2,1-2H3. The molecule has 2 aromatic carbocycles. The lowest BCUT2D eigenvalue weighted by atomic mass is 9.92. The predicted molar refractivity (Wildman–Crippen MR) is 103 cm³/mol. The van der Waals surface area contributed by atoms with Crippen LogP contribution in [0, 0.1) is 5.82 Å². The summed E-state index contributed by atoms with van der Waals surface area (Å²) in [7, 11) is -4.12. The summed E-state index contributed by atoms with van der Waals surface area (Å²) in [4.78, 5) is 0.329. The summed E-state index contributed by atoms with van der Waals surface area (Å²) in [6.45, 7) is 1.54. The number of ether oxygens (including phenoxy) is 1. The molecule has 3 rings (SSSR count). The van der Waals surface area contributed by atoms with Crippen LogP contribution in [0.1, 0.15) is 37.0 Å². The summed E-state index contributed by atoms with van der Waals surface area (Å²) in [5.74, 6) is -0.498. The van der Waals surface area contributed by atoms with E-state index >= 15 is 0 Å². The van der Waals surface area contributed by atoms with Crippen molar-refractivity contribution in [2.45, 2.75) is 46.6 Å². The van der Waals surface area contributed by atoms with E-state index in [-0.39, 0.29) is 25.0 Å². The van der Waals surface area contributed by atoms with E-state index in [2.05, 4.69) is 0 Å². The lowest BCUT2D eigenvalue weighted by Crippen LogP contribution is -2.42. The smallest absolute Gasteiger partial charge is 0.373 e. The molecular weight excluding hydrogens is 428 g/mol. The van der Waals surface area contributed by atoms with Crippen molar-refractivity contribution in [2.24, 2.45) is 0 Å². The van der Waals surface area contributed by atoms with Crippen LogP contribution in [0.2, 0.25) is 0 Å². The molecule has 0 aromatic heterocycles. The molecule has 0 radical (unpaired) electrons. The molecule has 2 aromatic rings. The third kappa shape index (κ3) is 4.32. The molecule has 1 saturated heterocycles. The van der Waals surface area contributed by atoms with Gasteiger partial charge in [0.2, 0.25) is 0 Å². The molecule has 0 bridgehead atoms. The summed E-state index contributed by atoms with van der Waals surface area (Å²) in [5.41, 5.74) is -0.780. The zero-order chi connectivity index (χ0) is 21.4. The Balaban J connectivity index is 1.95. The highest BCUT2D eigenvalue weighted by atomic mass is 32.2. The quantitative estimate of drug-likeness (QED) is 0.448. The van der Waals surface area contributed by atoms with Crippen LogP contribution < -0.4 is 0 Å². The first-order valence-corrected chi connectivity index (χ1v) is 11.6. The van der Waals surface area contributed by atoms with Crippen LogP contribution >= 0.6 is 11.8 Å². The largest absolute Gasteiger partial charge is 0.416 e. The number of hydrogen-bond donors (Lipinski definition) is 0. The van der Waals surface area contributed by atoms with Crippen molar-refractivity contribution < 1.29 is 30.7 Å². The molecule has 0 spiro atoms. The van der Waals surface area contributed by atoms with Gasteiger partial charge in [-0.2, -0.15) is 13.2 Å². The maximum atomic E-state index is 14.5. The zero-order valence-electron chi connectivity index (χ0n) is 15.8. The maximum absolute atomic E-state index is 14.5. The molecule has 1 aliphatic rings. The maximum Gasteiger partial charge on any atom is 0.416 e. The lowest BCUT2D eigenvalue weighted by Gasteiger charge is -2.38. The van der Waals surface area contributed by atoms with Gasteiger partial charge in [0.1, 0.15) is 5.82 Å². The highest BCUT2D eigenvalue weighted by Gasteiger charge is 2.46. The van der Waals surface area contributed by atoms with Crippen LogP contribution in [0.5, 0.6) is 0 Å². The van der Waals surface area contributed by atoms with Crippen molar-refractivity contribution in [1.82, 2.24) is 0 Å². The Morgan fingerprint density at radius 3 is 2.52 bits per heavy atom. The van der Waals surface area contributed by atoms with Crippen molar-refractivity contribution >= 4 is 21.6 Å². The summed E-state index contributed by atoms with van der Waals surface area (Å²) >= 11 is 1.37. The molecule has 9 heteroatoms. The van der Waals surface area contributed by atoms with E-state index < -0.39 is 43.1 Å². The van der Waals surface area contributed by atoms with Gasteiger partial charge in [-0.3, -0.25) is 0 Å². The van der Waals surface area contributed by atoms with Crippen molar-refractivity contribution in [3.05, 3.63) is 59.4 Å². The van der Waals surface area contributed by atoms with E-state index in [9.17, 15) is 26.0 Å². The van der Waals surface area contributed by atoms with Crippen molar-refractivity contribution in [2.75, 3.05) is 12.9 Å². The van der Waals surface area contributed by atoms with Crippen molar-refractivity contribution in [1.29, 1.82) is 0 Å². The van der Waals surface area contributed by atoms with Crippen molar-refractivity contribution in [3.63, 3.8) is 0 Å². The third-order valence-electron chi connectivity index (χ3n) is 5.24. The van der Waals surface area contributed by atoms with E-state index in [4.69, 9.17) is 4.74 Å². The van der Waals surface area contributed by atoms with Gasteiger partial charge in [-0.25, -0.2) is 12.8 Å². The van der Waals surface area contributed by atoms with Gasteiger partial charge in [-0.1, -0.05) is 12.1 Å². The SMILES string of the molecule is CSc1ccc(C2CC(C)(S(=O)(=O)c3cccc(C(F)(F)F)c3)CCO2)c(F)c1. The van der Waals surface area contributed by atoms with Crippen LogP contribution in [0.3, 0.4) is 0 Å². The van der Waals surface area contributed by atoms with Crippen LogP contribution in [-0.2, 0) is 20.8 Å². The molecule has 1 fully saturated rings. The van der Waals surface area contributed by atoms with E-state index in [1.54, 1.807) is 12.1 Å². The molecule has 0 saturated carbocycles. The second-order valence-corrected chi connectivity index (χ2v) is 10.5. The Hall–Kier alpha value is -1.58. The minimum Gasteiger partial charge on any atom is -0.373 e. The van der Waals surface area contributed by atoms with Crippen LogP contribution in [0.15, 0.2) is 52.3 Å². The molecule has 0 amide bonds. The number of hydrogen-bond acceptors (Lipinski definition) is 4. The summed E-state index contributed by atoms with van der Waals surface area (Å²) in [5, 5.41) is 0. The number of halogens is 4. The molecule has 2 atom stereocenters. The highest BCUT2D eigenvalue weighted by Crippen LogP contribution is 2.43. The Morgan fingerprint density at radius 2 is 1.90 bits per heavy atom. The molecule has 0 N–H and O–H groups in total. The molecule has 1 heterocycles. The monoisotopic (exact) mass is 448 g/mol. The molecule has 3 nitrogen and oxygen atoms in total. The summed E-state index contributed by atoms with van der Waals surface area (Å²) in [6.07, 6.45) is -3.59. The molecule has 29 heavy (non-hydrogen) atoms. The first-order valence-electron chi connectivity index (χ1n) is 8.85. The van der Waals surface area contributed by atoms with Gasteiger partial charge < -0.3 is 4.74 Å². The molecule has 158 valence electrons. The lowest BCUT2D eigenvalue weighted by molar-refractivity contribution is -0.137. The van der Waals surface area contributed by atoms with Gasteiger partial charge in [0.15, 0.2) is 9.84 Å². The fourth-order valence-electron chi connectivity index (χ4n) is 3.43. The van der Waals surface area contributed by atoms with Crippen LogP contribution in [-0.4, -0.2) is 26.0 Å². The number of benzene rings is 2. The summed E-state index contributed by atoms with van der Waals surface area (Å²) < 4.78 is 84.3. The topological polar surface area (TPSA) is 43.4 Å². The van der Waals surface area contributed by atoms with Gasteiger partial charge >= 0.3 is 6.18 Å². The van der Waals surface area contributed by atoms with Crippen LogP contribution in [0.4, 0.5) is 17.6 Å². The van der Waals surface area contributed by atoms with Gasteiger partial charge in [-0.05, 0) is 56.4 Å². The molecule has 1 aliphatic heterocycles. The fourth-order valence-corrected chi connectivity index (χ4v) is 5.69. The second kappa shape index (κ2) is 7.92. The zero-order valence-corrected chi connectivity index (χ0v) is 17.4. The Bertz CT molecular complexity index is 1010. The Labute approximate surface area is 171 Å². The average Bonchev–Trinajstić information content (AvgIpc) is 2.67. The second-order valence-electron chi connectivity index (χ2n) is 7.18. The Morgan fingerprint density at radius 1 is 1.17 bits per heavy atom. The molecule has 0 aliphatic carbocycles. The predicted octanol–water partition coefficient (Wildman–Crippen LogP) is 5.65. The van der Waals surface area contributed by atoms with Gasteiger partial charge in [-0.15, -0.1) is 11.8 Å². The normalized spacial score (nSPS) is 23.2. The van der Waals surface area contributed by atoms with Gasteiger partial charge in [0, 0.05) is 17.1 Å². The van der Waals surface area contributed by atoms with E-state index in [1.165, 1.54) is 24.8 Å². The van der Waals surface area contributed by atoms with Crippen molar-refractivity contribution in [3.8, 4) is 0 Å². The minimum atomic E-state index is -4.65. The fraction of sp³-hybridized carbons (Fsp3) is 0.400. The third-order valence-corrected chi connectivity index (χ3v) is 8.51. The molecular formula is C20H20F4O3S2. The van der Waals surface area contributed by atoms with Gasteiger partial charge in [0.25, 0.3) is 0 Å². The average molecular weight is 449 g/mol. The number of alkyl halides is 3. The van der Waals surface area contributed by atoms with Crippen LogP contribution in [0.25, 0.3) is 0 Å². The number of sulfone groups is 1. The first-order chi connectivity index (χ1) is 13.5.